The highest BCUT2D eigenvalue weighted by Crippen LogP contribution is 2.28. The molecular weight excluding hydrogens is 803 g/mol. The average Bonchev–Trinajstić information content (AvgIpc) is 3.33. The van der Waals surface area contributed by atoms with Gasteiger partial charge in [-0.15, -0.1) is 0 Å². The Morgan fingerprint density at radius 3 is 2.29 bits per heavy atom. The quantitative estimate of drug-likeness (QED) is 0.132. The van der Waals surface area contributed by atoms with E-state index in [2.05, 4.69) is 60.7 Å². The summed E-state index contributed by atoms with van der Waals surface area (Å²) in [6, 6.07) is 13.8. The van der Waals surface area contributed by atoms with Crippen LogP contribution in [0.1, 0.15) is 60.5 Å². The zero-order valence-electron chi connectivity index (χ0n) is 37.9. The molecule has 17 nitrogen and oxygen atoms in total. The summed E-state index contributed by atoms with van der Waals surface area (Å²) >= 11 is 0. The van der Waals surface area contributed by atoms with Gasteiger partial charge < -0.3 is 49.9 Å². The predicted molar refractivity (Wildman–Crippen MR) is 248 cm³/mol. The van der Waals surface area contributed by atoms with Gasteiger partial charge in [0.1, 0.15) is 37.2 Å². The van der Waals surface area contributed by atoms with Gasteiger partial charge in [0, 0.05) is 108 Å². The van der Waals surface area contributed by atoms with E-state index in [0.717, 1.165) is 106 Å². The van der Waals surface area contributed by atoms with Crippen LogP contribution in [0.4, 0.5) is 23.0 Å². The van der Waals surface area contributed by atoms with Gasteiger partial charge in [-0.1, -0.05) is 0 Å². The van der Waals surface area contributed by atoms with Gasteiger partial charge in [0.15, 0.2) is 0 Å². The minimum absolute atomic E-state index is 0.241. The number of rotatable bonds is 21. The van der Waals surface area contributed by atoms with Crippen LogP contribution in [0.5, 0.6) is 5.75 Å². The molecule has 2 saturated heterocycles. The van der Waals surface area contributed by atoms with Crippen LogP contribution in [-0.2, 0) is 19.2 Å². The van der Waals surface area contributed by atoms with E-state index in [-0.39, 0.29) is 18.4 Å². The normalized spacial score (nSPS) is 14.9. The third-order valence-electron chi connectivity index (χ3n) is 11.6. The third kappa shape index (κ3) is 15.6. The Kier molecular flexibility index (Phi) is 22.6. The summed E-state index contributed by atoms with van der Waals surface area (Å²) in [5.74, 6) is 1.88. The molecule has 0 spiro atoms. The molecule has 2 fully saturated rings. The van der Waals surface area contributed by atoms with E-state index in [1.807, 2.05) is 57.4 Å². The van der Waals surface area contributed by atoms with Crippen LogP contribution in [-0.4, -0.2) is 157 Å². The zero-order chi connectivity index (χ0) is 46.1. The lowest BCUT2D eigenvalue weighted by atomic mass is 9.93. The maximum absolute atomic E-state index is 11.2. The van der Waals surface area contributed by atoms with Crippen LogP contribution < -0.4 is 35.4 Å². The standard InChI is InChI=1S/C37H51N9O2.C8H14N2O3.CH2O/c1-28-21-34(7-6-32(28)27-47)44-19-17-43(18-20-44)13-9-30-10-14-45(15-11-30)37-41-25-33(26-42-37)40-12-16-46(29(2)24-39-3)35-8-5-31(23-38)36(22-35)48-4;1-9-8(13)7(4-3-5-11)10(2)6-12;1-2/h5-8,21-22,25-27,29-30,39-40H,9-20,24H2,1-4H3;5-7H,3-4H2,1-2H3,(H,9,13);1H2. The first-order valence-corrected chi connectivity index (χ1v) is 21.5. The minimum Gasteiger partial charge on any atom is -0.495 e. The van der Waals surface area contributed by atoms with E-state index in [9.17, 15) is 24.4 Å². The highest BCUT2D eigenvalue weighted by Gasteiger charge is 2.24. The van der Waals surface area contributed by atoms with E-state index in [1.165, 1.54) is 43.9 Å². The molecule has 0 aliphatic carbocycles. The van der Waals surface area contributed by atoms with Crippen molar-refractivity contribution in [3.8, 4) is 11.8 Å². The summed E-state index contributed by atoms with van der Waals surface area (Å²) in [5, 5.41) is 18.6. The third-order valence-corrected chi connectivity index (χ3v) is 11.6. The fourth-order valence-electron chi connectivity index (χ4n) is 7.85. The Balaban J connectivity index is 0.000000605. The summed E-state index contributed by atoms with van der Waals surface area (Å²) in [4.78, 5) is 71.2. The van der Waals surface area contributed by atoms with E-state index in [4.69, 9.17) is 19.5 Å². The van der Waals surface area contributed by atoms with E-state index in [0.29, 0.717) is 30.7 Å². The lowest BCUT2D eigenvalue weighted by Gasteiger charge is -2.38. The number of carbonyl (C=O) groups excluding carboxylic acids is 5. The number of amides is 2. The van der Waals surface area contributed by atoms with Gasteiger partial charge in [0.25, 0.3) is 0 Å². The van der Waals surface area contributed by atoms with Gasteiger partial charge in [-0.25, -0.2) is 9.97 Å². The van der Waals surface area contributed by atoms with Crippen molar-refractivity contribution in [2.75, 3.05) is 114 Å². The molecule has 0 radical (unpaired) electrons. The number of nitrogens with one attached hydrogen (secondary N) is 3. The Bertz CT molecular complexity index is 1900. The van der Waals surface area contributed by atoms with E-state index < -0.39 is 6.04 Å². The summed E-state index contributed by atoms with van der Waals surface area (Å²) in [5.41, 5.74) is 5.49. The number of nitriles is 1. The average molecular weight is 870 g/mol. The second kappa shape index (κ2) is 27.7. The zero-order valence-corrected chi connectivity index (χ0v) is 37.9. The second-order valence-electron chi connectivity index (χ2n) is 15.6. The van der Waals surface area contributed by atoms with Gasteiger partial charge in [-0.3, -0.25) is 19.3 Å². The number of hydrogen-bond donors (Lipinski definition) is 3. The molecule has 0 saturated carbocycles. The number of anilines is 4. The molecule has 2 amide bonds. The first-order valence-electron chi connectivity index (χ1n) is 21.5. The molecule has 5 rings (SSSR count). The summed E-state index contributed by atoms with van der Waals surface area (Å²) in [7, 11) is 6.56. The molecule has 0 bridgehead atoms. The Morgan fingerprint density at radius 2 is 1.71 bits per heavy atom. The highest BCUT2D eigenvalue weighted by atomic mass is 16.5. The molecule has 342 valence electrons. The number of hydrogen-bond acceptors (Lipinski definition) is 15. The maximum atomic E-state index is 11.2. The van der Waals surface area contributed by atoms with E-state index >= 15 is 0 Å². The fourth-order valence-corrected chi connectivity index (χ4v) is 7.85. The van der Waals surface area contributed by atoms with Crippen molar-refractivity contribution in [3.63, 3.8) is 0 Å². The molecule has 2 unspecified atom stereocenters. The van der Waals surface area contributed by atoms with Crippen LogP contribution in [0.15, 0.2) is 48.8 Å². The van der Waals surface area contributed by atoms with Crippen LogP contribution >= 0.6 is 0 Å². The number of ether oxygens (including phenoxy) is 1. The smallest absolute Gasteiger partial charge is 0.242 e. The number of aromatic nitrogens is 2. The monoisotopic (exact) mass is 870 g/mol. The molecule has 3 N–H and O–H groups in total. The predicted octanol–water partition coefficient (Wildman–Crippen LogP) is 3.42. The summed E-state index contributed by atoms with van der Waals surface area (Å²) in [6.07, 6.45) is 10.2. The molecule has 2 atom stereocenters. The number of nitrogens with zero attached hydrogens (tertiary/aromatic N) is 8. The molecule has 1 aromatic heterocycles. The molecule has 3 aromatic rings. The van der Waals surface area contributed by atoms with Crippen molar-refractivity contribution < 1.29 is 28.7 Å². The van der Waals surface area contributed by atoms with Gasteiger partial charge in [0.05, 0.1) is 30.8 Å². The summed E-state index contributed by atoms with van der Waals surface area (Å²) < 4.78 is 5.46. The van der Waals surface area contributed by atoms with Crippen LogP contribution in [0.2, 0.25) is 0 Å². The molecule has 2 aliphatic rings. The van der Waals surface area contributed by atoms with Crippen molar-refractivity contribution in [2.45, 2.75) is 58.0 Å². The number of aryl methyl sites for hydroxylation is 1. The van der Waals surface area contributed by atoms with Crippen molar-refractivity contribution in [2.24, 2.45) is 5.92 Å². The van der Waals surface area contributed by atoms with Gasteiger partial charge in [0.2, 0.25) is 18.3 Å². The number of benzene rings is 2. The molecule has 2 aromatic carbocycles. The number of aldehydes is 2. The van der Waals surface area contributed by atoms with E-state index in [1.54, 1.807) is 7.11 Å². The number of methoxy groups -OCH3 is 1. The lowest BCUT2D eigenvalue weighted by Crippen LogP contribution is -2.47. The Hall–Kier alpha value is -6.12. The number of piperazine rings is 1. The van der Waals surface area contributed by atoms with Crippen LogP contribution in [0.3, 0.4) is 0 Å². The number of carbonyl (C=O) groups is 5. The van der Waals surface area contributed by atoms with Crippen LogP contribution in [0.25, 0.3) is 0 Å². The maximum Gasteiger partial charge on any atom is 0.242 e. The van der Waals surface area contributed by atoms with Crippen LogP contribution in [0, 0.1) is 24.2 Å². The molecular formula is C46H67N11O6. The van der Waals surface area contributed by atoms with Crippen molar-refractivity contribution in [3.05, 3.63) is 65.5 Å². The minimum atomic E-state index is -0.548. The Morgan fingerprint density at radius 1 is 1.02 bits per heavy atom. The largest absolute Gasteiger partial charge is 0.495 e. The van der Waals surface area contributed by atoms with Crippen molar-refractivity contribution >= 4 is 54.7 Å². The molecule has 2 aliphatic heterocycles. The van der Waals surface area contributed by atoms with Gasteiger partial charge >= 0.3 is 0 Å². The molecule has 3 heterocycles. The lowest BCUT2D eigenvalue weighted by molar-refractivity contribution is -0.131. The SMILES string of the molecule is C=O.CNC(=O)C(CCC=O)N(C)C=O.CNCC(C)N(CCNc1cnc(N2CCC(CCN3CCN(c4ccc(C=O)c(C)c4)CC3)CC2)nc1)c1ccc(C#N)c(OC)c1. The molecule has 63 heavy (non-hydrogen) atoms. The highest BCUT2D eigenvalue weighted by molar-refractivity contribution is 5.83. The van der Waals surface area contributed by atoms with Crippen molar-refractivity contribution in [1.82, 2.24) is 30.4 Å². The van der Waals surface area contributed by atoms with Gasteiger partial charge in [-0.2, -0.15) is 5.26 Å². The summed E-state index contributed by atoms with van der Waals surface area (Å²) in [6.45, 7) is 15.9. The number of likely N-dealkylation sites (N-methyl/N-ethyl adjacent to an activating group) is 3. The number of piperidine rings is 1. The second-order valence-corrected chi connectivity index (χ2v) is 15.6. The topological polar surface area (TPSA) is 196 Å². The Labute approximate surface area is 373 Å². The fraction of sp³-hybridized carbons (Fsp3) is 0.522. The first-order chi connectivity index (χ1) is 30.6. The van der Waals surface area contributed by atoms with Gasteiger partial charge in [-0.05, 0) is 94.9 Å². The molecule has 17 heteroatoms. The first kappa shape index (κ1) is 51.2. The van der Waals surface area contributed by atoms with Crippen molar-refractivity contribution in [1.29, 1.82) is 5.26 Å².